The Bertz CT molecular complexity index is 562. The van der Waals surface area contributed by atoms with Gasteiger partial charge >= 0.3 is 0 Å². The molecular weight excluding hydrogens is 312 g/mol. The average molecular weight is 345 g/mol. The third-order valence-electron chi connectivity index (χ3n) is 4.18. The zero-order valence-corrected chi connectivity index (χ0v) is 16.1. The van der Waals surface area contributed by atoms with Gasteiger partial charge in [-0.1, -0.05) is 18.2 Å². The van der Waals surface area contributed by atoms with Gasteiger partial charge in [-0.25, -0.2) is 0 Å². The molecule has 0 spiro atoms. The molecule has 0 bridgehead atoms. The lowest BCUT2D eigenvalue weighted by atomic mass is 10.1. The summed E-state index contributed by atoms with van der Waals surface area (Å²) in [5.41, 5.74) is 1.86. The van der Waals surface area contributed by atoms with Gasteiger partial charge in [0.05, 0.1) is 0 Å². The Hall–Kier alpha value is -2.30. The second-order valence-electron chi connectivity index (χ2n) is 5.93. The van der Waals surface area contributed by atoms with Crippen LogP contribution in [0, 0.1) is 0 Å². The van der Waals surface area contributed by atoms with E-state index in [1.54, 1.807) is 7.05 Å². The second kappa shape index (κ2) is 11.3. The fourth-order valence-corrected chi connectivity index (χ4v) is 2.60. The summed E-state index contributed by atoms with van der Waals surface area (Å²) in [6.45, 7) is 10.8. The molecule has 0 radical (unpaired) electrons. The van der Waals surface area contributed by atoms with Gasteiger partial charge in [0.15, 0.2) is 5.96 Å². The zero-order valence-electron chi connectivity index (χ0n) is 16.1. The Morgan fingerprint density at radius 3 is 2.40 bits per heavy atom. The predicted molar refractivity (Wildman–Crippen MR) is 106 cm³/mol. The number of carbonyl (C=O) groups excluding carboxylic acids is 1. The first kappa shape index (κ1) is 20.7. The minimum Gasteiger partial charge on any atom is -0.352 e. The Morgan fingerprint density at radius 1 is 1.24 bits per heavy atom. The maximum absolute atomic E-state index is 12.3. The number of unbranched alkanes of at least 4 members (excludes halogenated alkanes) is 1. The van der Waals surface area contributed by atoms with Gasteiger partial charge in [-0.05, 0) is 44.4 Å². The molecule has 0 aliphatic carbocycles. The van der Waals surface area contributed by atoms with Crippen molar-refractivity contribution in [3.63, 3.8) is 0 Å². The van der Waals surface area contributed by atoms with Gasteiger partial charge in [-0.3, -0.25) is 9.79 Å². The fraction of sp³-hybridized carbons (Fsp3) is 0.500. The Labute approximate surface area is 152 Å². The normalized spacial score (nSPS) is 11.1. The lowest BCUT2D eigenvalue weighted by molar-refractivity contribution is 0.0773. The average Bonchev–Trinajstić information content (AvgIpc) is 2.64. The first-order valence-corrected chi connectivity index (χ1v) is 8.98. The monoisotopic (exact) mass is 344 g/mol. The molecule has 0 aromatic heterocycles. The number of amides is 1. The Morgan fingerprint density at radius 2 is 1.88 bits per heavy atom. The summed E-state index contributed by atoms with van der Waals surface area (Å²) in [6.07, 6.45) is 4.00. The summed E-state index contributed by atoms with van der Waals surface area (Å²) < 4.78 is 0. The smallest absolute Gasteiger partial charge is 0.253 e. The first-order chi connectivity index (χ1) is 12.1. The van der Waals surface area contributed by atoms with Gasteiger partial charge < -0.3 is 15.1 Å². The number of benzene rings is 1. The van der Waals surface area contributed by atoms with Gasteiger partial charge in [0.2, 0.25) is 0 Å². The summed E-state index contributed by atoms with van der Waals surface area (Å²) in [7, 11) is 3.82. The highest BCUT2D eigenvalue weighted by Crippen LogP contribution is 2.08. The van der Waals surface area contributed by atoms with E-state index in [0.29, 0.717) is 6.54 Å². The maximum Gasteiger partial charge on any atom is 0.253 e. The molecule has 0 aliphatic heterocycles. The van der Waals surface area contributed by atoms with Crippen LogP contribution in [-0.2, 0) is 6.54 Å². The van der Waals surface area contributed by atoms with Crippen molar-refractivity contribution in [2.45, 2.75) is 33.2 Å². The van der Waals surface area contributed by atoms with Gasteiger partial charge in [-0.2, -0.15) is 0 Å². The lowest BCUT2D eigenvalue weighted by Crippen LogP contribution is -2.39. The highest BCUT2D eigenvalue weighted by Gasteiger charge is 2.12. The van der Waals surface area contributed by atoms with E-state index in [4.69, 9.17) is 0 Å². The fourth-order valence-electron chi connectivity index (χ4n) is 2.60. The van der Waals surface area contributed by atoms with Crippen LogP contribution < -0.4 is 5.32 Å². The van der Waals surface area contributed by atoms with Crippen molar-refractivity contribution in [2.24, 2.45) is 4.99 Å². The molecule has 5 nitrogen and oxygen atoms in total. The van der Waals surface area contributed by atoms with Gasteiger partial charge in [0.1, 0.15) is 0 Å². The molecule has 138 valence electrons. The lowest BCUT2D eigenvalue weighted by Gasteiger charge is -2.22. The zero-order chi connectivity index (χ0) is 18.7. The van der Waals surface area contributed by atoms with E-state index in [1.165, 1.54) is 0 Å². The third kappa shape index (κ3) is 6.61. The molecule has 1 rings (SSSR count). The Balaban J connectivity index is 2.59. The summed E-state index contributed by atoms with van der Waals surface area (Å²) in [5, 5.41) is 3.36. The minimum atomic E-state index is 0.0854. The number of guanidine groups is 1. The highest BCUT2D eigenvalue weighted by molar-refractivity contribution is 5.94. The number of hydrogen-bond acceptors (Lipinski definition) is 2. The van der Waals surface area contributed by atoms with Crippen LogP contribution in [0.25, 0.3) is 0 Å². The predicted octanol–water partition coefficient (Wildman–Crippen LogP) is 3.14. The van der Waals surface area contributed by atoms with E-state index in [0.717, 1.165) is 49.6 Å². The van der Waals surface area contributed by atoms with Crippen LogP contribution in [-0.4, -0.2) is 55.4 Å². The Kier molecular flexibility index (Phi) is 9.37. The molecule has 0 saturated carbocycles. The topological polar surface area (TPSA) is 47.9 Å². The number of carbonyl (C=O) groups is 1. The molecule has 25 heavy (non-hydrogen) atoms. The van der Waals surface area contributed by atoms with E-state index in [-0.39, 0.29) is 5.91 Å². The van der Waals surface area contributed by atoms with E-state index in [1.807, 2.05) is 56.1 Å². The number of hydrogen-bond donors (Lipinski definition) is 1. The van der Waals surface area contributed by atoms with Crippen LogP contribution in [0.2, 0.25) is 0 Å². The molecule has 0 fully saturated rings. The van der Waals surface area contributed by atoms with Crippen molar-refractivity contribution >= 4 is 11.9 Å². The molecule has 0 aliphatic rings. The third-order valence-corrected chi connectivity index (χ3v) is 4.18. The van der Waals surface area contributed by atoms with Gasteiger partial charge in [-0.15, -0.1) is 6.58 Å². The first-order valence-electron chi connectivity index (χ1n) is 8.98. The van der Waals surface area contributed by atoms with E-state index in [2.05, 4.69) is 21.8 Å². The largest absolute Gasteiger partial charge is 0.352 e. The summed E-state index contributed by atoms with van der Waals surface area (Å²) in [5.74, 6) is 0.953. The summed E-state index contributed by atoms with van der Waals surface area (Å²) in [6, 6.07) is 7.78. The van der Waals surface area contributed by atoms with Crippen LogP contribution >= 0.6 is 0 Å². The molecular formula is C20H32N4O. The van der Waals surface area contributed by atoms with Crippen molar-refractivity contribution in [2.75, 3.05) is 33.7 Å². The number of allylic oxidation sites excluding steroid dienone is 1. The van der Waals surface area contributed by atoms with Crippen LogP contribution in [0.3, 0.4) is 0 Å². The summed E-state index contributed by atoms with van der Waals surface area (Å²) in [4.78, 5) is 20.6. The number of nitrogens with zero attached hydrogens (tertiary/aromatic N) is 3. The van der Waals surface area contributed by atoms with Gasteiger partial charge in [0.25, 0.3) is 5.91 Å². The number of rotatable bonds is 9. The maximum atomic E-state index is 12.3. The van der Waals surface area contributed by atoms with E-state index >= 15 is 0 Å². The van der Waals surface area contributed by atoms with Crippen LogP contribution in [0.1, 0.15) is 42.6 Å². The van der Waals surface area contributed by atoms with Crippen molar-refractivity contribution in [1.29, 1.82) is 0 Å². The highest BCUT2D eigenvalue weighted by atomic mass is 16.2. The quantitative estimate of drug-likeness (QED) is 0.324. The van der Waals surface area contributed by atoms with Crippen LogP contribution in [0.4, 0.5) is 0 Å². The van der Waals surface area contributed by atoms with E-state index in [9.17, 15) is 4.79 Å². The number of nitrogens with one attached hydrogen (secondary N) is 1. The standard InChI is InChI=1S/C20H32N4O/c1-6-9-10-15-23(5)20(21-4)22-16-17-11-13-18(14-12-17)19(25)24(7-2)8-3/h6,11-14H,1,7-10,15-16H2,2-5H3,(H,21,22). The van der Waals surface area contributed by atoms with Crippen molar-refractivity contribution in [3.05, 3.63) is 48.0 Å². The second-order valence-corrected chi connectivity index (χ2v) is 5.93. The van der Waals surface area contributed by atoms with Crippen molar-refractivity contribution < 1.29 is 4.79 Å². The molecule has 0 heterocycles. The minimum absolute atomic E-state index is 0.0854. The molecule has 0 unspecified atom stereocenters. The van der Waals surface area contributed by atoms with Crippen molar-refractivity contribution in [1.82, 2.24) is 15.1 Å². The molecule has 1 aromatic rings. The molecule has 1 aromatic carbocycles. The molecule has 1 amide bonds. The SMILES string of the molecule is C=CCCCN(C)C(=NC)NCc1ccc(C(=O)N(CC)CC)cc1. The molecule has 0 atom stereocenters. The summed E-state index contributed by atoms with van der Waals surface area (Å²) >= 11 is 0. The van der Waals surface area contributed by atoms with E-state index < -0.39 is 0 Å². The van der Waals surface area contributed by atoms with Gasteiger partial charge in [0, 0.05) is 45.8 Å². The van der Waals surface area contributed by atoms with Crippen LogP contribution in [0.15, 0.2) is 41.9 Å². The van der Waals surface area contributed by atoms with Crippen molar-refractivity contribution in [3.8, 4) is 0 Å². The molecule has 0 saturated heterocycles. The number of aliphatic imine (C=N–C) groups is 1. The molecule has 5 heteroatoms. The van der Waals surface area contributed by atoms with Crippen LogP contribution in [0.5, 0.6) is 0 Å². The molecule has 1 N–H and O–H groups in total.